The highest BCUT2D eigenvalue weighted by Crippen LogP contribution is 2.34. The average Bonchev–Trinajstić information content (AvgIpc) is 3.00. The Kier molecular flexibility index (Phi) is 5.43. The van der Waals surface area contributed by atoms with Gasteiger partial charge in [0.25, 0.3) is 11.8 Å². The zero-order valence-electron chi connectivity index (χ0n) is 17.0. The Morgan fingerprint density at radius 1 is 1.14 bits per heavy atom. The van der Waals surface area contributed by atoms with E-state index in [1.807, 2.05) is 49.2 Å². The van der Waals surface area contributed by atoms with Crippen LogP contribution in [-0.2, 0) is 0 Å². The van der Waals surface area contributed by atoms with Crippen LogP contribution in [0.4, 0.5) is 11.4 Å². The van der Waals surface area contributed by atoms with Crippen LogP contribution in [0, 0.1) is 0 Å². The number of hydrogen-bond acceptors (Lipinski definition) is 4. The van der Waals surface area contributed by atoms with Gasteiger partial charge in [0.1, 0.15) is 11.9 Å². The number of carbonyl (C=O) groups is 2. The minimum absolute atomic E-state index is 0.0712. The molecular formula is C23H27N3O3. The third-order valence-corrected chi connectivity index (χ3v) is 5.72. The number of hydrogen-bond donors (Lipinski definition) is 1. The highest BCUT2D eigenvalue weighted by atomic mass is 16.5. The van der Waals surface area contributed by atoms with Gasteiger partial charge in [-0.1, -0.05) is 6.42 Å². The van der Waals surface area contributed by atoms with E-state index >= 15 is 0 Å². The van der Waals surface area contributed by atoms with E-state index in [-0.39, 0.29) is 18.0 Å². The van der Waals surface area contributed by atoms with Gasteiger partial charge in [-0.15, -0.1) is 0 Å². The molecule has 6 heteroatoms. The van der Waals surface area contributed by atoms with Crippen LogP contribution >= 0.6 is 0 Å². The zero-order valence-corrected chi connectivity index (χ0v) is 17.0. The first kappa shape index (κ1) is 19.3. The summed E-state index contributed by atoms with van der Waals surface area (Å²) < 4.78 is 5.43. The van der Waals surface area contributed by atoms with Gasteiger partial charge in [-0.3, -0.25) is 9.59 Å². The molecule has 2 aromatic rings. The van der Waals surface area contributed by atoms with E-state index in [9.17, 15) is 9.59 Å². The summed E-state index contributed by atoms with van der Waals surface area (Å²) >= 11 is 0. The van der Waals surface area contributed by atoms with Gasteiger partial charge >= 0.3 is 0 Å². The zero-order chi connectivity index (χ0) is 20.4. The molecule has 1 N–H and O–H groups in total. The Hall–Kier alpha value is -3.02. The van der Waals surface area contributed by atoms with Gasteiger partial charge in [0.2, 0.25) is 0 Å². The lowest BCUT2D eigenvalue weighted by Crippen LogP contribution is -2.53. The summed E-state index contributed by atoms with van der Waals surface area (Å²) in [5, 5.41) is 2.92. The first-order valence-electron chi connectivity index (χ1n) is 10.3. The molecule has 152 valence electrons. The van der Waals surface area contributed by atoms with Crippen LogP contribution in [0.5, 0.6) is 5.75 Å². The van der Waals surface area contributed by atoms with E-state index in [4.69, 9.17) is 4.74 Å². The number of anilines is 2. The number of nitrogens with zero attached hydrogens (tertiary/aromatic N) is 2. The molecule has 29 heavy (non-hydrogen) atoms. The molecule has 1 unspecified atom stereocenters. The van der Waals surface area contributed by atoms with E-state index in [1.165, 1.54) is 0 Å². The maximum atomic E-state index is 13.0. The van der Waals surface area contributed by atoms with Gasteiger partial charge in [0, 0.05) is 24.8 Å². The molecule has 2 aliphatic heterocycles. The molecular weight excluding hydrogens is 366 g/mol. The minimum atomic E-state index is -0.193. The van der Waals surface area contributed by atoms with E-state index in [0.717, 1.165) is 43.7 Å². The van der Waals surface area contributed by atoms with Crippen molar-refractivity contribution in [1.29, 1.82) is 0 Å². The fraction of sp³-hybridized carbons (Fsp3) is 0.391. The van der Waals surface area contributed by atoms with E-state index in [1.54, 1.807) is 12.1 Å². The first-order valence-corrected chi connectivity index (χ1v) is 10.3. The van der Waals surface area contributed by atoms with Gasteiger partial charge in [-0.2, -0.15) is 0 Å². The van der Waals surface area contributed by atoms with Gasteiger partial charge in [0.05, 0.1) is 17.9 Å². The number of carbonyl (C=O) groups excluding carboxylic acids is 2. The van der Waals surface area contributed by atoms with Crippen molar-refractivity contribution in [3.05, 3.63) is 53.6 Å². The maximum Gasteiger partial charge on any atom is 0.257 e. The van der Waals surface area contributed by atoms with E-state index in [0.29, 0.717) is 23.4 Å². The largest absolute Gasteiger partial charge is 0.494 e. The fourth-order valence-electron chi connectivity index (χ4n) is 4.20. The monoisotopic (exact) mass is 393 g/mol. The number of amides is 2. The third-order valence-electron chi connectivity index (χ3n) is 5.72. The summed E-state index contributed by atoms with van der Waals surface area (Å²) in [5.41, 5.74) is 2.75. The molecule has 0 aromatic heterocycles. The Balaban J connectivity index is 1.56. The summed E-state index contributed by atoms with van der Waals surface area (Å²) in [7, 11) is 2.02. The van der Waals surface area contributed by atoms with Crippen molar-refractivity contribution in [2.75, 3.05) is 30.4 Å². The summed E-state index contributed by atoms with van der Waals surface area (Å²) in [6.07, 6.45) is 4.35. The third kappa shape index (κ3) is 3.79. The number of rotatable bonds is 4. The maximum absolute atomic E-state index is 13.0. The lowest BCUT2D eigenvalue weighted by molar-refractivity contribution is 0.0661. The highest BCUT2D eigenvalue weighted by Gasteiger charge is 2.36. The second kappa shape index (κ2) is 8.15. The number of ether oxygens (including phenoxy) is 1. The Bertz CT molecular complexity index is 910. The lowest BCUT2D eigenvalue weighted by atomic mass is 10.0. The van der Waals surface area contributed by atoms with Crippen molar-refractivity contribution < 1.29 is 14.3 Å². The van der Waals surface area contributed by atoms with Crippen molar-refractivity contribution in [3.63, 3.8) is 0 Å². The van der Waals surface area contributed by atoms with Crippen LogP contribution < -0.4 is 15.0 Å². The molecule has 2 amide bonds. The second-order valence-corrected chi connectivity index (χ2v) is 7.58. The van der Waals surface area contributed by atoms with Crippen LogP contribution in [0.25, 0.3) is 0 Å². The number of fused-ring (bicyclic) bond motifs is 2. The molecule has 1 saturated heterocycles. The van der Waals surface area contributed by atoms with E-state index in [2.05, 4.69) is 10.2 Å². The molecule has 2 aliphatic rings. The first-order chi connectivity index (χ1) is 14.1. The molecule has 4 rings (SSSR count). The highest BCUT2D eigenvalue weighted by molar-refractivity contribution is 6.08. The number of nitrogens with one attached hydrogen (secondary N) is 1. The van der Waals surface area contributed by atoms with Crippen molar-refractivity contribution in [2.24, 2.45) is 0 Å². The SMILES string of the molecule is CCOc1ccc(NC(=O)c2ccc3c(c2)N(C)C2CCCCCN2C3=O)cc1. The van der Waals surface area contributed by atoms with Crippen LogP contribution in [0.3, 0.4) is 0 Å². The summed E-state index contributed by atoms with van der Waals surface area (Å²) in [5.74, 6) is 0.650. The molecule has 2 heterocycles. The predicted octanol–water partition coefficient (Wildman–Crippen LogP) is 4.13. The summed E-state index contributed by atoms with van der Waals surface area (Å²) in [6.45, 7) is 3.33. The molecule has 2 aromatic carbocycles. The molecule has 0 radical (unpaired) electrons. The van der Waals surface area contributed by atoms with Gasteiger partial charge < -0.3 is 19.9 Å². The standard InChI is InChI=1S/C23H27N3O3/c1-3-29-18-11-9-17(10-12-18)24-22(27)16-8-13-19-20(15-16)25(2)21-7-5-4-6-14-26(21)23(19)28/h8-13,15,21H,3-7,14H2,1-2H3,(H,24,27). The molecule has 6 nitrogen and oxygen atoms in total. The van der Waals surface area contributed by atoms with Gasteiger partial charge in [-0.05, 0) is 68.7 Å². The van der Waals surface area contributed by atoms with Gasteiger partial charge in [-0.25, -0.2) is 0 Å². The van der Waals surface area contributed by atoms with Crippen LogP contribution in [0.1, 0.15) is 53.3 Å². The quantitative estimate of drug-likeness (QED) is 0.848. The molecule has 0 spiro atoms. The smallest absolute Gasteiger partial charge is 0.257 e. The molecule has 1 atom stereocenters. The molecule has 1 fully saturated rings. The van der Waals surface area contributed by atoms with Crippen molar-refractivity contribution in [3.8, 4) is 5.75 Å². The Labute approximate surface area is 171 Å². The summed E-state index contributed by atoms with van der Waals surface area (Å²) in [4.78, 5) is 29.9. The lowest BCUT2D eigenvalue weighted by Gasteiger charge is -2.43. The normalized spacial score (nSPS) is 18.6. The number of benzene rings is 2. The molecule has 0 aliphatic carbocycles. The predicted molar refractivity (Wildman–Crippen MR) is 114 cm³/mol. The van der Waals surface area contributed by atoms with Crippen molar-refractivity contribution in [1.82, 2.24) is 4.90 Å². The van der Waals surface area contributed by atoms with Crippen LogP contribution in [-0.4, -0.2) is 43.1 Å². The van der Waals surface area contributed by atoms with Crippen molar-refractivity contribution >= 4 is 23.2 Å². The van der Waals surface area contributed by atoms with E-state index < -0.39 is 0 Å². The average molecular weight is 393 g/mol. The fourth-order valence-corrected chi connectivity index (χ4v) is 4.20. The second-order valence-electron chi connectivity index (χ2n) is 7.58. The van der Waals surface area contributed by atoms with Gasteiger partial charge in [0.15, 0.2) is 0 Å². The Morgan fingerprint density at radius 3 is 2.69 bits per heavy atom. The van der Waals surface area contributed by atoms with Crippen LogP contribution in [0.15, 0.2) is 42.5 Å². The summed E-state index contributed by atoms with van der Waals surface area (Å²) in [6, 6.07) is 12.6. The molecule has 0 saturated carbocycles. The minimum Gasteiger partial charge on any atom is -0.494 e. The van der Waals surface area contributed by atoms with Crippen molar-refractivity contribution in [2.45, 2.75) is 38.8 Å². The van der Waals surface area contributed by atoms with Crippen LogP contribution in [0.2, 0.25) is 0 Å². The topological polar surface area (TPSA) is 61.9 Å². The Morgan fingerprint density at radius 2 is 1.93 bits per heavy atom. The molecule has 0 bridgehead atoms.